The molecular formula is C21H12OS4. The molecule has 126 valence electrons. The van der Waals surface area contributed by atoms with Gasteiger partial charge in [0, 0.05) is 16.0 Å². The van der Waals surface area contributed by atoms with Crippen LogP contribution < -0.4 is 10.4 Å². The van der Waals surface area contributed by atoms with Crippen LogP contribution in [0.3, 0.4) is 0 Å². The van der Waals surface area contributed by atoms with E-state index in [0.29, 0.717) is 0 Å². The van der Waals surface area contributed by atoms with Gasteiger partial charge in [0.15, 0.2) is 0 Å². The summed E-state index contributed by atoms with van der Waals surface area (Å²) in [6.45, 7) is 0. The summed E-state index contributed by atoms with van der Waals surface area (Å²) >= 11 is 7.06. The van der Waals surface area contributed by atoms with Gasteiger partial charge in [0.1, 0.15) is 6.29 Å². The van der Waals surface area contributed by atoms with Gasteiger partial charge in [0.2, 0.25) is 0 Å². The zero-order valence-electron chi connectivity index (χ0n) is 13.5. The Morgan fingerprint density at radius 3 is 1.65 bits per heavy atom. The lowest BCUT2D eigenvalue weighted by atomic mass is 9.97. The molecule has 0 radical (unpaired) electrons. The average molecular weight is 409 g/mol. The van der Waals surface area contributed by atoms with E-state index < -0.39 is 0 Å². The van der Waals surface area contributed by atoms with Crippen LogP contribution in [-0.4, -0.2) is 6.29 Å². The van der Waals surface area contributed by atoms with Crippen molar-refractivity contribution in [2.75, 3.05) is 0 Å². The van der Waals surface area contributed by atoms with Crippen molar-refractivity contribution in [2.24, 2.45) is 0 Å². The van der Waals surface area contributed by atoms with E-state index in [1.165, 1.54) is 35.1 Å². The van der Waals surface area contributed by atoms with Gasteiger partial charge >= 0.3 is 0 Å². The lowest BCUT2D eigenvalue weighted by Crippen LogP contribution is -2.17. The summed E-state index contributed by atoms with van der Waals surface area (Å²) in [6, 6.07) is 14.7. The highest BCUT2D eigenvalue weighted by molar-refractivity contribution is 8.35. The zero-order chi connectivity index (χ0) is 17.5. The average Bonchev–Trinajstić information content (AvgIpc) is 3.39. The molecule has 0 fully saturated rings. The van der Waals surface area contributed by atoms with Gasteiger partial charge in [0.05, 0.1) is 8.47 Å². The van der Waals surface area contributed by atoms with Crippen molar-refractivity contribution in [3.8, 4) is 0 Å². The summed E-state index contributed by atoms with van der Waals surface area (Å²) in [5.74, 6) is 0. The third-order valence-corrected chi connectivity index (χ3v) is 8.66. The number of aldehydes is 1. The van der Waals surface area contributed by atoms with Crippen molar-refractivity contribution in [1.29, 1.82) is 0 Å². The molecule has 0 spiro atoms. The van der Waals surface area contributed by atoms with Crippen molar-refractivity contribution in [2.45, 2.75) is 0 Å². The Kier molecular flexibility index (Phi) is 4.41. The van der Waals surface area contributed by atoms with Gasteiger partial charge in [-0.05, 0) is 49.2 Å². The first-order valence-electron chi connectivity index (χ1n) is 8.02. The monoisotopic (exact) mass is 408 g/mol. The number of benzene rings is 3. The fourth-order valence-electron chi connectivity index (χ4n) is 3.36. The number of carbonyl (C=O) groups excluding carboxylic acids is 1. The van der Waals surface area contributed by atoms with Crippen LogP contribution in [0.15, 0.2) is 64.1 Å². The molecule has 3 aromatic carbocycles. The van der Waals surface area contributed by atoms with Crippen molar-refractivity contribution in [1.82, 2.24) is 0 Å². The summed E-state index contributed by atoms with van der Waals surface area (Å²) in [7, 11) is 0. The number of hydrogen-bond donors (Lipinski definition) is 0. The van der Waals surface area contributed by atoms with E-state index in [4.69, 9.17) is 0 Å². The Morgan fingerprint density at radius 2 is 1.12 bits per heavy atom. The molecule has 0 bridgehead atoms. The van der Waals surface area contributed by atoms with Gasteiger partial charge in [-0.25, -0.2) is 0 Å². The Morgan fingerprint density at radius 1 is 0.615 bits per heavy atom. The molecule has 0 aromatic heterocycles. The molecule has 2 aliphatic heterocycles. The third kappa shape index (κ3) is 2.65. The van der Waals surface area contributed by atoms with E-state index in [1.54, 1.807) is 47.0 Å². The first kappa shape index (κ1) is 16.6. The van der Waals surface area contributed by atoms with E-state index in [0.717, 1.165) is 17.2 Å². The molecule has 0 aliphatic carbocycles. The molecule has 0 unspecified atom stereocenters. The summed E-state index contributed by atoms with van der Waals surface area (Å²) in [5, 5.41) is 15.9. The topological polar surface area (TPSA) is 17.1 Å². The second-order valence-electron chi connectivity index (χ2n) is 5.81. The van der Waals surface area contributed by atoms with E-state index >= 15 is 0 Å². The Hall–Kier alpha value is -1.53. The van der Waals surface area contributed by atoms with E-state index in [9.17, 15) is 4.79 Å². The van der Waals surface area contributed by atoms with Crippen LogP contribution in [0.2, 0.25) is 0 Å². The molecule has 0 saturated heterocycles. The summed E-state index contributed by atoms with van der Waals surface area (Å²) in [5.41, 5.74) is 0.719. The van der Waals surface area contributed by atoms with E-state index in [1.807, 2.05) is 12.1 Å². The minimum Gasteiger partial charge on any atom is -0.298 e. The Bertz CT molecular complexity index is 1230. The maximum Gasteiger partial charge on any atom is 0.150 e. The standard InChI is InChI=1S/C21H12OS4/c22-12-13-5-6-16-17(11-13)19(21-25-9-10-26-21)15-4-2-1-3-14(15)18(16)20-23-7-8-24-20/h1-12H. The lowest BCUT2D eigenvalue weighted by molar-refractivity contribution is 0.112. The van der Waals surface area contributed by atoms with Crippen LogP contribution in [0, 0.1) is 0 Å². The smallest absolute Gasteiger partial charge is 0.150 e. The second-order valence-corrected chi connectivity index (χ2v) is 9.99. The number of carbonyl (C=O) groups is 1. The van der Waals surface area contributed by atoms with E-state index in [-0.39, 0.29) is 0 Å². The van der Waals surface area contributed by atoms with Crippen molar-refractivity contribution < 1.29 is 4.79 Å². The predicted octanol–water partition coefficient (Wildman–Crippen LogP) is 5.84. The molecule has 0 N–H and O–H groups in total. The Labute approximate surface area is 167 Å². The van der Waals surface area contributed by atoms with Gasteiger partial charge in [0.25, 0.3) is 0 Å². The third-order valence-electron chi connectivity index (χ3n) is 4.40. The van der Waals surface area contributed by atoms with Crippen LogP contribution in [0.1, 0.15) is 10.4 Å². The minimum absolute atomic E-state index is 0.719. The van der Waals surface area contributed by atoms with Gasteiger partial charge in [-0.15, -0.1) is 0 Å². The largest absolute Gasteiger partial charge is 0.298 e. The highest BCUT2D eigenvalue weighted by Crippen LogP contribution is 2.41. The number of thioether (sulfide) groups is 4. The van der Waals surface area contributed by atoms with Crippen LogP contribution in [0.5, 0.6) is 0 Å². The normalized spacial score (nSPS) is 16.3. The SMILES string of the molecule is O=Cc1ccc2c(=C3SC=CS3)c3ccccc3c(=C3SC=CS3)c2c1. The molecule has 0 saturated carbocycles. The molecule has 3 aromatic rings. The maximum atomic E-state index is 11.4. The second kappa shape index (κ2) is 6.89. The molecule has 0 amide bonds. The number of fused-ring (bicyclic) bond motifs is 2. The van der Waals surface area contributed by atoms with Gasteiger partial charge in [-0.1, -0.05) is 83.4 Å². The number of rotatable bonds is 1. The van der Waals surface area contributed by atoms with Crippen molar-refractivity contribution in [3.63, 3.8) is 0 Å². The molecule has 2 heterocycles. The first-order chi connectivity index (χ1) is 12.9. The van der Waals surface area contributed by atoms with Crippen molar-refractivity contribution in [3.05, 3.63) is 80.1 Å². The highest BCUT2D eigenvalue weighted by Gasteiger charge is 2.15. The zero-order valence-corrected chi connectivity index (χ0v) is 16.7. The van der Waals surface area contributed by atoms with E-state index in [2.05, 4.69) is 52.0 Å². The molecule has 5 rings (SSSR count). The summed E-state index contributed by atoms with van der Waals surface area (Å²) in [6.07, 6.45) is 0.934. The molecule has 0 atom stereocenters. The van der Waals surface area contributed by atoms with Crippen LogP contribution in [0.4, 0.5) is 0 Å². The van der Waals surface area contributed by atoms with Gasteiger partial charge < -0.3 is 0 Å². The minimum atomic E-state index is 0.719. The molecule has 1 nitrogen and oxygen atoms in total. The Balaban J connectivity index is 2.11. The highest BCUT2D eigenvalue weighted by atomic mass is 32.2. The van der Waals surface area contributed by atoms with Crippen molar-refractivity contribution >= 4 is 83.4 Å². The quantitative estimate of drug-likeness (QED) is 0.370. The molecular weight excluding hydrogens is 396 g/mol. The number of hydrogen-bond acceptors (Lipinski definition) is 5. The molecule has 26 heavy (non-hydrogen) atoms. The predicted molar refractivity (Wildman–Crippen MR) is 122 cm³/mol. The van der Waals surface area contributed by atoms with Crippen LogP contribution in [0.25, 0.3) is 30.0 Å². The van der Waals surface area contributed by atoms with Gasteiger partial charge in [-0.3, -0.25) is 4.79 Å². The van der Waals surface area contributed by atoms with Crippen LogP contribution >= 0.6 is 47.0 Å². The van der Waals surface area contributed by atoms with Gasteiger partial charge in [-0.2, -0.15) is 0 Å². The first-order valence-corrected chi connectivity index (χ1v) is 11.5. The fraction of sp³-hybridized carbons (Fsp3) is 0. The molecule has 5 heteroatoms. The summed E-state index contributed by atoms with van der Waals surface area (Å²) in [4.78, 5) is 11.4. The lowest BCUT2D eigenvalue weighted by Gasteiger charge is -2.11. The maximum absolute atomic E-state index is 11.4. The molecule has 2 aliphatic rings. The van der Waals surface area contributed by atoms with Crippen LogP contribution in [-0.2, 0) is 0 Å². The summed E-state index contributed by atoms with van der Waals surface area (Å²) < 4.78 is 2.57. The fourth-order valence-corrected chi connectivity index (χ4v) is 7.20.